The van der Waals surface area contributed by atoms with Crippen LogP contribution in [0.2, 0.25) is 0 Å². The highest BCUT2D eigenvalue weighted by Gasteiger charge is 2.26. The average molecular weight is 418 g/mol. The Hall–Kier alpha value is -2.45. The highest BCUT2D eigenvalue weighted by Crippen LogP contribution is 2.24. The second-order valence-electron chi connectivity index (χ2n) is 7.25. The van der Waals surface area contributed by atoms with Gasteiger partial charge in [0.05, 0.1) is 11.8 Å². The van der Waals surface area contributed by atoms with Gasteiger partial charge in [-0.2, -0.15) is 0 Å². The number of ether oxygens (including phenoxy) is 1. The van der Waals surface area contributed by atoms with Gasteiger partial charge < -0.3 is 10.1 Å². The molecule has 1 saturated heterocycles. The Balaban J connectivity index is 1.57. The number of para-hydroxylation sites is 1. The van der Waals surface area contributed by atoms with Gasteiger partial charge in [-0.3, -0.25) is 9.78 Å². The van der Waals surface area contributed by atoms with Crippen LogP contribution in [0.15, 0.2) is 42.6 Å². The average Bonchev–Trinajstić information content (AvgIpc) is 2.69. The lowest BCUT2D eigenvalue weighted by atomic mass is 10.1. The van der Waals surface area contributed by atoms with Gasteiger partial charge in [-0.25, -0.2) is 12.7 Å². The molecule has 0 bridgehead atoms. The summed E-state index contributed by atoms with van der Waals surface area (Å²) < 4.78 is 30.8. The molecule has 0 atom stereocenters. The first kappa shape index (κ1) is 21.3. The number of carbonyl (C=O) groups is 1. The molecular formula is C21H27N3O4S. The van der Waals surface area contributed by atoms with Crippen molar-refractivity contribution in [1.29, 1.82) is 0 Å². The van der Waals surface area contributed by atoms with Gasteiger partial charge in [0.15, 0.2) is 0 Å². The third-order valence-corrected chi connectivity index (χ3v) is 6.36. The molecule has 1 N–H and O–H groups in total. The van der Waals surface area contributed by atoms with E-state index in [0.29, 0.717) is 50.2 Å². The molecule has 1 aromatic carbocycles. The zero-order valence-corrected chi connectivity index (χ0v) is 17.6. The highest BCUT2D eigenvalue weighted by atomic mass is 32.2. The fourth-order valence-electron chi connectivity index (χ4n) is 3.39. The predicted octanol–water partition coefficient (Wildman–Crippen LogP) is 2.17. The maximum Gasteiger partial charge on any atom is 0.255 e. The molecule has 7 nitrogen and oxygen atoms in total. The lowest BCUT2D eigenvalue weighted by Crippen LogP contribution is -2.41. The minimum absolute atomic E-state index is 0.113. The van der Waals surface area contributed by atoms with Crippen molar-refractivity contribution in [1.82, 2.24) is 14.6 Å². The summed E-state index contributed by atoms with van der Waals surface area (Å²) >= 11 is 0. The number of pyridine rings is 1. The number of benzene rings is 1. The second-order valence-corrected chi connectivity index (χ2v) is 9.23. The molecule has 0 radical (unpaired) electrons. The zero-order chi connectivity index (χ0) is 20.9. The standard InChI is InChI=1S/C21H27N3O4S/c1-16-6-5-12-22-19(16)9-13-23-21(25)18-7-3-4-8-20(18)28-17-10-14-24(15-11-17)29(2,26)27/h3-8,12,17H,9-11,13-15H2,1-2H3,(H,23,25). The Morgan fingerprint density at radius 1 is 1.21 bits per heavy atom. The van der Waals surface area contributed by atoms with Crippen LogP contribution in [0.5, 0.6) is 5.75 Å². The molecule has 0 spiro atoms. The molecule has 0 saturated carbocycles. The Morgan fingerprint density at radius 3 is 2.62 bits per heavy atom. The number of hydrogen-bond donors (Lipinski definition) is 1. The van der Waals surface area contributed by atoms with Crippen molar-refractivity contribution in [2.45, 2.75) is 32.3 Å². The van der Waals surface area contributed by atoms with Crippen LogP contribution in [0.1, 0.15) is 34.5 Å². The van der Waals surface area contributed by atoms with E-state index in [1.165, 1.54) is 10.6 Å². The molecule has 8 heteroatoms. The molecular weight excluding hydrogens is 390 g/mol. The summed E-state index contributed by atoms with van der Waals surface area (Å²) in [6.07, 6.45) is 4.72. The van der Waals surface area contributed by atoms with E-state index in [-0.39, 0.29) is 12.0 Å². The zero-order valence-electron chi connectivity index (χ0n) is 16.8. The van der Waals surface area contributed by atoms with Crippen LogP contribution in [0.4, 0.5) is 0 Å². The Bertz CT molecular complexity index is 954. The van der Waals surface area contributed by atoms with Gasteiger partial charge in [0.1, 0.15) is 11.9 Å². The van der Waals surface area contributed by atoms with Crippen LogP contribution in [0.25, 0.3) is 0 Å². The van der Waals surface area contributed by atoms with Gasteiger partial charge in [0.25, 0.3) is 5.91 Å². The summed E-state index contributed by atoms with van der Waals surface area (Å²) in [5.74, 6) is 0.333. The number of nitrogens with one attached hydrogen (secondary N) is 1. The fraction of sp³-hybridized carbons (Fsp3) is 0.429. The SMILES string of the molecule is Cc1cccnc1CCNC(=O)c1ccccc1OC1CCN(S(C)(=O)=O)CC1. The number of carbonyl (C=O) groups excluding carboxylic acids is 1. The first-order valence-electron chi connectivity index (χ1n) is 9.74. The smallest absolute Gasteiger partial charge is 0.255 e. The van der Waals surface area contributed by atoms with Crippen LogP contribution in [-0.2, 0) is 16.4 Å². The van der Waals surface area contributed by atoms with E-state index in [1.54, 1.807) is 24.4 Å². The number of hydrogen-bond acceptors (Lipinski definition) is 5. The largest absolute Gasteiger partial charge is 0.489 e. The van der Waals surface area contributed by atoms with Crippen molar-refractivity contribution in [3.63, 3.8) is 0 Å². The van der Waals surface area contributed by atoms with Crippen molar-refractivity contribution in [3.8, 4) is 5.75 Å². The van der Waals surface area contributed by atoms with Crippen molar-refractivity contribution >= 4 is 15.9 Å². The normalized spacial score (nSPS) is 15.8. The molecule has 29 heavy (non-hydrogen) atoms. The third-order valence-electron chi connectivity index (χ3n) is 5.06. The monoisotopic (exact) mass is 417 g/mol. The van der Waals surface area contributed by atoms with Crippen LogP contribution >= 0.6 is 0 Å². The molecule has 2 heterocycles. The summed E-state index contributed by atoms with van der Waals surface area (Å²) in [6.45, 7) is 3.35. The van der Waals surface area contributed by atoms with Crippen LogP contribution in [-0.4, -0.2) is 55.6 Å². The Labute approximate surface area is 172 Å². The van der Waals surface area contributed by atoms with E-state index in [1.807, 2.05) is 25.1 Å². The van der Waals surface area contributed by atoms with Crippen molar-refractivity contribution in [2.75, 3.05) is 25.9 Å². The van der Waals surface area contributed by atoms with E-state index < -0.39 is 10.0 Å². The topological polar surface area (TPSA) is 88.6 Å². The van der Waals surface area contributed by atoms with Crippen LogP contribution in [0, 0.1) is 6.92 Å². The van der Waals surface area contributed by atoms with E-state index in [2.05, 4.69) is 10.3 Å². The molecule has 0 aliphatic carbocycles. The maximum absolute atomic E-state index is 12.7. The number of nitrogens with zero attached hydrogens (tertiary/aromatic N) is 2. The molecule has 1 aliphatic heterocycles. The maximum atomic E-state index is 12.7. The molecule has 1 amide bonds. The summed E-state index contributed by atoms with van der Waals surface area (Å²) in [5, 5.41) is 2.93. The predicted molar refractivity (Wildman–Crippen MR) is 112 cm³/mol. The minimum atomic E-state index is -3.17. The van der Waals surface area contributed by atoms with Crippen molar-refractivity contribution in [2.24, 2.45) is 0 Å². The number of sulfonamides is 1. The third kappa shape index (κ3) is 5.77. The minimum Gasteiger partial charge on any atom is -0.489 e. The number of piperidine rings is 1. The van der Waals surface area contributed by atoms with E-state index in [0.717, 1.165) is 11.3 Å². The molecule has 156 valence electrons. The molecule has 1 aromatic heterocycles. The van der Waals surface area contributed by atoms with Gasteiger partial charge in [-0.05, 0) is 43.5 Å². The van der Waals surface area contributed by atoms with Gasteiger partial charge in [0.2, 0.25) is 10.0 Å². The molecule has 3 rings (SSSR count). The molecule has 0 unspecified atom stereocenters. The summed E-state index contributed by atoms with van der Waals surface area (Å²) in [7, 11) is -3.17. The summed E-state index contributed by atoms with van der Waals surface area (Å²) in [6, 6.07) is 11.0. The highest BCUT2D eigenvalue weighted by molar-refractivity contribution is 7.88. The summed E-state index contributed by atoms with van der Waals surface area (Å²) in [5.41, 5.74) is 2.55. The Kier molecular flexibility index (Phi) is 6.87. The lowest BCUT2D eigenvalue weighted by Gasteiger charge is -2.30. The Morgan fingerprint density at radius 2 is 1.93 bits per heavy atom. The van der Waals surface area contributed by atoms with Crippen LogP contribution in [0.3, 0.4) is 0 Å². The first-order valence-corrected chi connectivity index (χ1v) is 11.6. The number of aryl methyl sites for hydroxylation is 1. The first-order chi connectivity index (χ1) is 13.8. The molecule has 2 aromatic rings. The molecule has 1 fully saturated rings. The second kappa shape index (κ2) is 9.37. The molecule has 1 aliphatic rings. The van der Waals surface area contributed by atoms with Gasteiger partial charge in [-0.15, -0.1) is 0 Å². The summed E-state index contributed by atoms with van der Waals surface area (Å²) in [4.78, 5) is 17.0. The van der Waals surface area contributed by atoms with E-state index in [9.17, 15) is 13.2 Å². The van der Waals surface area contributed by atoms with Crippen LogP contribution < -0.4 is 10.1 Å². The van der Waals surface area contributed by atoms with E-state index in [4.69, 9.17) is 4.74 Å². The van der Waals surface area contributed by atoms with Crippen molar-refractivity contribution < 1.29 is 17.9 Å². The van der Waals surface area contributed by atoms with Gasteiger partial charge in [0, 0.05) is 37.9 Å². The quantitative estimate of drug-likeness (QED) is 0.746. The number of aromatic nitrogens is 1. The van der Waals surface area contributed by atoms with E-state index >= 15 is 0 Å². The van der Waals surface area contributed by atoms with Crippen molar-refractivity contribution in [3.05, 3.63) is 59.4 Å². The number of amides is 1. The number of rotatable bonds is 7. The lowest BCUT2D eigenvalue weighted by molar-refractivity contribution is 0.0939. The fourth-order valence-corrected chi connectivity index (χ4v) is 4.26. The van der Waals surface area contributed by atoms with Gasteiger partial charge in [-0.1, -0.05) is 18.2 Å². The van der Waals surface area contributed by atoms with Gasteiger partial charge >= 0.3 is 0 Å².